The summed E-state index contributed by atoms with van der Waals surface area (Å²) >= 11 is 0. The number of furan rings is 1. The molecule has 0 amide bonds. The normalized spacial score (nSPS) is 15.4. The smallest absolute Gasteiger partial charge is 0.247 e. The van der Waals surface area contributed by atoms with E-state index >= 15 is 0 Å². The standard InChI is InChI=1S/C23H21NO3/c1-14-7-9-15(10-8-14)19-20-17(25)12-23(2,3)13-18(20)27-22(19)21(26)16-6-4-5-11-24-16/h4-11H,12-13H2,1-3H3. The van der Waals surface area contributed by atoms with Crippen LogP contribution >= 0.6 is 0 Å². The predicted octanol–water partition coefficient (Wildman–Crippen LogP) is 5.04. The number of carbonyl (C=O) groups excluding carboxylic acids is 2. The summed E-state index contributed by atoms with van der Waals surface area (Å²) in [6.07, 6.45) is 2.65. The van der Waals surface area contributed by atoms with Gasteiger partial charge < -0.3 is 4.42 Å². The molecule has 3 aromatic rings. The van der Waals surface area contributed by atoms with Crippen LogP contribution < -0.4 is 0 Å². The number of aryl methyl sites for hydroxylation is 1. The zero-order valence-electron chi connectivity index (χ0n) is 15.7. The fourth-order valence-electron chi connectivity index (χ4n) is 3.69. The Morgan fingerprint density at radius 1 is 1.04 bits per heavy atom. The van der Waals surface area contributed by atoms with Crippen LogP contribution in [0.25, 0.3) is 11.1 Å². The zero-order valence-corrected chi connectivity index (χ0v) is 15.7. The molecule has 0 N–H and O–H groups in total. The second-order valence-electron chi connectivity index (χ2n) is 7.96. The van der Waals surface area contributed by atoms with Gasteiger partial charge in [-0.3, -0.25) is 14.6 Å². The summed E-state index contributed by atoms with van der Waals surface area (Å²) in [4.78, 5) is 30.2. The predicted molar refractivity (Wildman–Crippen MR) is 103 cm³/mol. The van der Waals surface area contributed by atoms with Crippen molar-refractivity contribution in [1.82, 2.24) is 4.98 Å². The van der Waals surface area contributed by atoms with Crippen molar-refractivity contribution in [1.29, 1.82) is 0 Å². The molecule has 2 aromatic heterocycles. The lowest BCUT2D eigenvalue weighted by atomic mass is 9.75. The van der Waals surface area contributed by atoms with Crippen molar-refractivity contribution in [2.24, 2.45) is 5.41 Å². The minimum absolute atomic E-state index is 0.0284. The van der Waals surface area contributed by atoms with Gasteiger partial charge in [0.05, 0.1) is 5.56 Å². The van der Waals surface area contributed by atoms with E-state index in [0.29, 0.717) is 35.4 Å². The molecule has 0 saturated carbocycles. The quantitative estimate of drug-likeness (QED) is 0.615. The van der Waals surface area contributed by atoms with Crippen molar-refractivity contribution in [3.8, 4) is 11.1 Å². The third-order valence-electron chi connectivity index (χ3n) is 4.98. The number of Topliss-reactive ketones (excluding diaryl/α,β-unsaturated/α-hetero) is 1. The average molecular weight is 359 g/mol. The van der Waals surface area contributed by atoms with E-state index < -0.39 is 0 Å². The number of ketones is 2. The van der Waals surface area contributed by atoms with Crippen molar-refractivity contribution < 1.29 is 14.0 Å². The molecule has 4 heteroatoms. The molecule has 4 rings (SSSR count). The third kappa shape index (κ3) is 3.12. The van der Waals surface area contributed by atoms with Gasteiger partial charge >= 0.3 is 0 Å². The van der Waals surface area contributed by atoms with E-state index in [2.05, 4.69) is 4.98 Å². The van der Waals surface area contributed by atoms with Crippen molar-refractivity contribution >= 4 is 11.6 Å². The Bertz CT molecular complexity index is 1030. The molecule has 0 aliphatic heterocycles. The molecule has 0 radical (unpaired) electrons. The lowest BCUT2D eigenvalue weighted by Gasteiger charge is -2.27. The van der Waals surface area contributed by atoms with Crippen molar-refractivity contribution in [2.75, 3.05) is 0 Å². The van der Waals surface area contributed by atoms with Gasteiger partial charge in [-0.05, 0) is 30.0 Å². The Hall–Kier alpha value is -3.01. The summed E-state index contributed by atoms with van der Waals surface area (Å²) in [5.41, 5.74) is 3.21. The maximum absolute atomic E-state index is 13.1. The van der Waals surface area contributed by atoms with Crippen molar-refractivity contribution in [2.45, 2.75) is 33.6 Å². The number of fused-ring (bicyclic) bond motifs is 1. The van der Waals surface area contributed by atoms with Crippen molar-refractivity contribution in [3.63, 3.8) is 0 Å². The zero-order chi connectivity index (χ0) is 19.2. The van der Waals surface area contributed by atoms with Gasteiger partial charge in [-0.25, -0.2) is 0 Å². The molecular weight excluding hydrogens is 338 g/mol. The first-order valence-electron chi connectivity index (χ1n) is 9.07. The number of carbonyl (C=O) groups is 2. The number of benzene rings is 1. The Balaban J connectivity index is 1.94. The third-order valence-corrected chi connectivity index (χ3v) is 4.98. The largest absolute Gasteiger partial charge is 0.456 e. The van der Waals surface area contributed by atoms with Crippen LogP contribution in [0.4, 0.5) is 0 Å². The number of rotatable bonds is 3. The molecule has 2 heterocycles. The van der Waals surface area contributed by atoms with Gasteiger partial charge in [0, 0.05) is 24.6 Å². The molecule has 0 saturated heterocycles. The van der Waals surface area contributed by atoms with Crippen LogP contribution in [0.5, 0.6) is 0 Å². The fourth-order valence-corrected chi connectivity index (χ4v) is 3.69. The number of aromatic nitrogens is 1. The van der Waals surface area contributed by atoms with E-state index in [9.17, 15) is 9.59 Å². The molecule has 0 spiro atoms. The number of nitrogens with zero attached hydrogens (tertiary/aromatic N) is 1. The van der Waals surface area contributed by atoms with E-state index in [-0.39, 0.29) is 22.7 Å². The Labute approximate surface area is 158 Å². The lowest BCUT2D eigenvalue weighted by Crippen LogP contribution is -2.26. The highest BCUT2D eigenvalue weighted by molar-refractivity contribution is 6.15. The SMILES string of the molecule is Cc1ccc(-c2c(C(=O)c3ccccn3)oc3c2C(=O)CC(C)(C)C3)cc1. The van der Waals surface area contributed by atoms with E-state index in [4.69, 9.17) is 4.42 Å². The summed E-state index contributed by atoms with van der Waals surface area (Å²) in [5.74, 6) is 0.534. The first-order valence-corrected chi connectivity index (χ1v) is 9.07. The first kappa shape index (κ1) is 17.4. The van der Waals surface area contributed by atoms with E-state index in [1.807, 2.05) is 45.0 Å². The second kappa shape index (κ2) is 6.31. The van der Waals surface area contributed by atoms with Crippen LogP contribution in [0.3, 0.4) is 0 Å². The highest BCUT2D eigenvalue weighted by Crippen LogP contribution is 2.43. The number of hydrogen-bond acceptors (Lipinski definition) is 4. The topological polar surface area (TPSA) is 60.2 Å². The summed E-state index contributed by atoms with van der Waals surface area (Å²) in [5, 5.41) is 0. The van der Waals surface area contributed by atoms with Crippen LogP contribution in [0.2, 0.25) is 0 Å². The molecule has 0 fully saturated rings. The molecule has 27 heavy (non-hydrogen) atoms. The van der Waals surface area contributed by atoms with Crippen LogP contribution in [0.15, 0.2) is 53.1 Å². The Morgan fingerprint density at radius 2 is 1.78 bits per heavy atom. The average Bonchev–Trinajstić information content (AvgIpc) is 3.00. The number of pyridine rings is 1. The molecule has 4 nitrogen and oxygen atoms in total. The maximum atomic E-state index is 13.1. The van der Waals surface area contributed by atoms with Crippen LogP contribution in [-0.2, 0) is 6.42 Å². The number of hydrogen-bond donors (Lipinski definition) is 0. The second-order valence-corrected chi connectivity index (χ2v) is 7.96. The molecule has 136 valence electrons. The minimum atomic E-state index is -0.300. The van der Waals surface area contributed by atoms with Gasteiger partial charge in [0.2, 0.25) is 5.78 Å². The highest BCUT2D eigenvalue weighted by Gasteiger charge is 2.38. The van der Waals surface area contributed by atoms with Gasteiger partial charge in [-0.15, -0.1) is 0 Å². The summed E-state index contributed by atoms with van der Waals surface area (Å²) < 4.78 is 6.03. The summed E-state index contributed by atoms with van der Waals surface area (Å²) in [6.45, 7) is 6.09. The summed E-state index contributed by atoms with van der Waals surface area (Å²) in [7, 11) is 0. The molecular formula is C23H21NO3. The molecule has 0 atom stereocenters. The summed E-state index contributed by atoms with van der Waals surface area (Å²) in [6, 6.07) is 13.0. The van der Waals surface area contributed by atoms with Crippen LogP contribution in [-0.4, -0.2) is 16.6 Å². The Kier molecular flexibility index (Phi) is 4.06. The lowest BCUT2D eigenvalue weighted by molar-refractivity contribution is 0.0899. The van der Waals surface area contributed by atoms with Gasteiger partial charge in [0.25, 0.3) is 0 Å². The maximum Gasteiger partial charge on any atom is 0.247 e. The van der Waals surface area contributed by atoms with E-state index in [1.54, 1.807) is 24.4 Å². The molecule has 0 bridgehead atoms. The molecule has 1 aliphatic carbocycles. The van der Waals surface area contributed by atoms with Gasteiger partial charge in [-0.2, -0.15) is 0 Å². The molecule has 0 unspecified atom stereocenters. The van der Waals surface area contributed by atoms with Crippen LogP contribution in [0, 0.1) is 12.3 Å². The first-order chi connectivity index (χ1) is 12.9. The van der Waals surface area contributed by atoms with E-state index in [0.717, 1.165) is 11.1 Å². The van der Waals surface area contributed by atoms with Gasteiger partial charge in [0.15, 0.2) is 11.5 Å². The van der Waals surface area contributed by atoms with Gasteiger partial charge in [-0.1, -0.05) is 49.7 Å². The van der Waals surface area contributed by atoms with E-state index in [1.165, 1.54) is 0 Å². The molecule has 1 aromatic carbocycles. The highest BCUT2D eigenvalue weighted by atomic mass is 16.4. The minimum Gasteiger partial charge on any atom is -0.456 e. The molecule has 1 aliphatic rings. The fraction of sp³-hybridized carbons (Fsp3) is 0.261. The Morgan fingerprint density at radius 3 is 2.44 bits per heavy atom. The monoisotopic (exact) mass is 359 g/mol. The van der Waals surface area contributed by atoms with Gasteiger partial charge in [0.1, 0.15) is 11.5 Å². The van der Waals surface area contributed by atoms with Crippen LogP contribution in [0.1, 0.15) is 58.2 Å². The van der Waals surface area contributed by atoms with Crippen molar-refractivity contribution in [3.05, 3.63) is 77.0 Å².